The number of hydrogen-bond donors (Lipinski definition) is 0. The molecule has 72 valence electrons. The topological polar surface area (TPSA) is 57.2 Å². The first-order chi connectivity index (χ1) is 5.63. The molecule has 0 spiro atoms. The first kappa shape index (κ1) is 16.3. The summed E-state index contributed by atoms with van der Waals surface area (Å²) < 4.78 is 11.0. The van der Waals surface area contributed by atoms with Crippen molar-refractivity contribution in [3.8, 4) is 0 Å². The van der Waals surface area contributed by atoms with Gasteiger partial charge in [0.2, 0.25) is 0 Å². The van der Waals surface area contributed by atoms with Crippen LogP contribution in [-0.4, -0.2) is 16.4 Å². The summed E-state index contributed by atoms with van der Waals surface area (Å²) in [6, 6.07) is 6.11. The molecule has 1 rings (SSSR count). The molecule has 0 bridgehead atoms. The summed E-state index contributed by atoms with van der Waals surface area (Å²) in [7, 11) is -1.28. The number of carbonyl (C=O) groups is 1. The van der Waals surface area contributed by atoms with Crippen molar-refractivity contribution in [2.45, 2.75) is 12.3 Å². The minimum Gasteiger partial charge on any atom is -0.545 e. The van der Waals surface area contributed by atoms with E-state index in [1.807, 2.05) is 0 Å². The van der Waals surface area contributed by atoms with E-state index in [1.165, 1.54) is 18.4 Å². The molecule has 0 amide bonds. The first-order valence-electron chi connectivity index (χ1n) is 3.26. The number of carboxylic acid groups (broad SMARTS) is 1. The van der Waals surface area contributed by atoms with E-state index in [9.17, 15) is 14.1 Å². The van der Waals surface area contributed by atoms with Crippen molar-refractivity contribution in [2.24, 2.45) is 0 Å². The van der Waals surface area contributed by atoms with E-state index in [0.29, 0.717) is 4.90 Å². The van der Waals surface area contributed by atoms with E-state index in [0.717, 1.165) is 0 Å². The Hall–Kier alpha value is -0.160. The summed E-state index contributed by atoms with van der Waals surface area (Å²) in [4.78, 5) is 10.8. The van der Waals surface area contributed by atoms with Crippen molar-refractivity contribution < 1.29 is 43.7 Å². The van der Waals surface area contributed by atoms with E-state index < -0.39 is 16.8 Å². The quantitative estimate of drug-likeness (QED) is 0.517. The van der Waals surface area contributed by atoms with Gasteiger partial charge in [-0.15, -0.1) is 0 Å². The fraction of sp³-hybridized carbons (Fsp3) is 0.222. The van der Waals surface area contributed by atoms with E-state index in [4.69, 9.17) is 0 Å². The van der Waals surface area contributed by atoms with Gasteiger partial charge in [-0.25, -0.2) is 0 Å². The third kappa shape index (κ3) is 3.92. The molecule has 1 aromatic carbocycles. The second-order valence-corrected chi connectivity index (χ2v) is 3.59. The maximum Gasteiger partial charge on any atom is 1.00 e. The van der Waals surface area contributed by atoms with E-state index in [-0.39, 0.29) is 42.5 Å². The fourth-order valence-corrected chi connectivity index (χ4v) is 1.62. The molecule has 0 aliphatic carbocycles. The maximum atomic E-state index is 11.0. The molecule has 3 nitrogen and oxygen atoms in total. The summed E-state index contributed by atoms with van der Waals surface area (Å²) >= 11 is 0. The fourth-order valence-electron chi connectivity index (χ4n) is 0.886. The SMILES string of the molecule is C.CS(=O)c1ccccc1C(=O)[O-].[Na+]. The zero-order chi connectivity index (χ0) is 9.14. The second-order valence-electron chi connectivity index (χ2n) is 2.24. The van der Waals surface area contributed by atoms with Crippen molar-refractivity contribution in [1.82, 2.24) is 0 Å². The van der Waals surface area contributed by atoms with Crippen LogP contribution in [0.5, 0.6) is 0 Å². The largest absolute Gasteiger partial charge is 1.00 e. The Morgan fingerprint density at radius 3 is 2.21 bits per heavy atom. The molecule has 1 aromatic rings. The molecule has 0 aliphatic rings. The molecule has 1 unspecified atom stereocenters. The predicted molar refractivity (Wildman–Crippen MR) is 49.8 cm³/mol. The van der Waals surface area contributed by atoms with Crippen LogP contribution >= 0.6 is 0 Å². The number of rotatable bonds is 2. The van der Waals surface area contributed by atoms with Gasteiger partial charge in [-0.2, -0.15) is 0 Å². The first-order valence-corrected chi connectivity index (χ1v) is 4.82. The minimum absolute atomic E-state index is 0. The molecule has 0 N–H and O–H groups in total. The molecule has 0 aromatic heterocycles. The summed E-state index contributed by atoms with van der Waals surface area (Å²) in [6.07, 6.45) is 1.43. The molecule has 0 heterocycles. The van der Waals surface area contributed by atoms with Crippen LogP contribution in [0.2, 0.25) is 0 Å². The summed E-state index contributed by atoms with van der Waals surface area (Å²) in [6.45, 7) is 0. The molecule has 0 saturated carbocycles. The van der Waals surface area contributed by atoms with Crippen LogP contribution in [-0.2, 0) is 10.8 Å². The Kier molecular flexibility index (Phi) is 8.34. The molecule has 0 saturated heterocycles. The van der Waals surface area contributed by atoms with Gasteiger partial charge in [0.1, 0.15) is 0 Å². The number of benzene rings is 1. The van der Waals surface area contributed by atoms with Gasteiger partial charge < -0.3 is 9.90 Å². The minimum atomic E-state index is -1.29. The Morgan fingerprint density at radius 2 is 1.86 bits per heavy atom. The van der Waals surface area contributed by atoms with Crippen LogP contribution in [0.4, 0.5) is 0 Å². The van der Waals surface area contributed by atoms with Crippen LogP contribution < -0.4 is 34.7 Å². The van der Waals surface area contributed by atoms with Crippen LogP contribution in [0.25, 0.3) is 0 Å². The monoisotopic (exact) mass is 222 g/mol. The van der Waals surface area contributed by atoms with E-state index in [1.54, 1.807) is 12.1 Å². The van der Waals surface area contributed by atoms with Gasteiger partial charge in [0.05, 0.1) is 16.8 Å². The van der Waals surface area contributed by atoms with Gasteiger partial charge in [-0.3, -0.25) is 4.21 Å². The van der Waals surface area contributed by atoms with Gasteiger partial charge in [-0.05, 0) is 6.07 Å². The third-order valence-electron chi connectivity index (χ3n) is 1.42. The van der Waals surface area contributed by atoms with Crippen molar-refractivity contribution in [2.75, 3.05) is 6.26 Å². The Balaban J connectivity index is 0. The molecular weight excluding hydrogens is 211 g/mol. The average molecular weight is 222 g/mol. The number of carbonyl (C=O) groups excluding carboxylic acids is 1. The summed E-state index contributed by atoms with van der Waals surface area (Å²) in [5, 5.41) is 10.5. The van der Waals surface area contributed by atoms with Crippen LogP contribution in [0.15, 0.2) is 29.2 Å². The van der Waals surface area contributed by atoms with Gasteiger partial charge in [0.25, 0.3) is 0 Å². The molecule has 5 heteroatoms. The van der Waals surface area contributed by atoms with Crippen molar-refractivity contribution >= 4 is 16.8 Å². The zero-order valence-electron chi connectivity index (χ0n) is 7.44. The van der Waals surface area contributed by atoms with Crippen LogP contribution in [0, 0.1) is 0 Å². The van der Waals surface area contributed by atoms with Gasteiger partial charge >= 0.3 is 29.6 Å². The predicted octanol–water partition coefficient (Wildman–Crippen LogP) is -2.57. The third-order valence-corrected chi connectivity index (χ3v) is 2.39. The molecule has 0 radical (unpaired) electrons. The number of hydrogen-bond acceptors (Lipinski definition) is 3. The van der Waals surface area contributed by atoms with E-state index >= 15 is 0 Å². The number of carboxylic acids is 1. The number of aromatic carboxylic acids is 1. The van der Waals surface area contributed by atoms with Crippen LogP contribution in [0.3, 0.4) is 0 Å². The van der Waals surface area contributed by atoms with Gasteiger partial charge in [0, 0.05) is 16.7 Å². The van der Waals surface area contributed by atoms with E-state index in [2.05, 4.69) is 0 Å². The van der Waals surface area contributed by atoms with Crippen molar-refractivity contribution in [1.29, 1.82) is 0 Å². The zero-order valence-corrected chi connectivity index (χ0v) is 10.3. The summed E-state index contributed by atoms with van der Waals surface area (Å²) in [5.74, 6) is -1.29. The normalized spacial score (nSPS) is 10.6. The Bertz CT molecular complexity index is 306. The average Bonchev–Trinajstić information content (AvgIpc) is 2.04. The second kappa shape index (κ2) is 7.17. The van der Waals surface area contributed by atoms with Crippen LogP contribution in [0.1, 0.15) is 17.8 Å². The molecular formula is C9H11NaO3S. The van der Waals surface area contributed by atoms with Crippen molar-refractivity contribution in [3.05, 3.63) is 29.8 Å². The smallest absolute Gasteiger partial charge is 0.545 e. The molecule has 0 fully saturated rings. The maximum absolute atomic E-state index is 11.0. The summed E-state index contributed by atoms with van der Waals surface area (Å²) in [5.41, 5.74) is -0.00154. The Morgan fingerprint density at radius 1 is 1.36 bits per heavy atom. The standard InChI is InChI=1S/C8H8O3S.CH4.Na/c1-12(11)7-5-3-2-4-6(7)8(9)10;;/h2-5H,1H3,(H,9,10);1H4;/q;;+1/p-1. The van der Waals surface area contributed by atoms with Crippen molar-refractivity contribution in [3.63, 3.8) is 0 Å². The molecule has 1 atom stereocenters. The van der Waals surface area contributed by atoms with Gasteiger partial charge in [0.15, 0.2) is 0 Å². The van der Waals surface area contributed by atoms with Gasteiger partial charge in [-0.1, -0.05) is 25.6 Å². The Labute approximate surface area is 108 Å². The molecule has 0 aliphatic heterocycles. The molecule has 14 heavy (non-hydrogen) atoms.